The fourth-order valence-corrected chi connectivity index (χ4v) is 5.37. The zero-order chi connectivity index (χ0) is 18.7. The van der Waals surface area contributed by atoms with E-state index in [0.29, 0.717) is 29.7 Å². The minimum absolute atomic E-state index is 0.143. The van der Waals surface area contributed by atoms with Crippen molar-refractivity contribution in [3.63, 3.8) is 0 Å². The fraction of sp³-hybridized carbons (Fsp3) is 0.368. The maximum absolute atomic E-state index is 13.0. The van der Waals surface area contributed by atoms with Gasteiger partial charge in [0.05, 0.1) is 17.0 Å². The third-order valence-corrected chi connectivity index (χ3v) is 7.24. The van der Waals surface area contributed by atoms with E-state index in [1.165, 1.54) is 9.87 Å². The van der Waals surface area contributed by atoms with Crippen LogP contribution in [0.1, 0.15) is 5.56 Å². The van der Waals surface area contributed by atoms with E-state index in [4.69, 9.17) is 23.2 Å². The van der Waals surface area contributed by atoms with Crippen molar-refractivity contribution in [1.82, 2.24) is 4.31 Å². The second kappa shape index (κ2) is 8.17. The lowest BCUT2D eigenvalue weighted by Gasteiger charge is -2.46. The summed E-state index contributed by atoms with van der Waals surface area (Å²) in [6, 6.07) is 16.4. The molecule has 1 aliphatic heterocycles. The average Bonchev–Trinajstić information content (AvgIpc) is 2.68. The Kier molecular flexibility index (Phi) is 6.13. The first-order valence-electron chi connectivity index (χ1n) is 8.49. The molecule has 0 amide bonds. The summed E-state index contributed by atoms with van der Waals surface area (Å²) in [5.74, 6) is 0.643. The fourth-order valence-electron chi connectivity index (χ4n) is 3.34. The molecule has 2 aromatic carbocycles. The lowest BCUT2D eigenvalue weighted by molar-refractivity contribution is 0.304. The van der Waals surface area contributed by atoms with Crippen LogP contribution in [0.25, 0.3) is 0 Å². The Morgan fingerprint density at radius 3 is 1.96 bits per heavy atom. The van der Waals surface area contributed by atoms with Gasteiger partial charge >= 0.3 is 0 Å². The largest absolute Gasteiger partial charge is 0.360 e. The molecule has 0 radical (unpaired) electrons. The Hall–Kier alpha value is -1.27. The second-order valence-corrected chi connectivity index (χ2v) is 9.05. The molecular formula is C19H22Cl2N2O2S. The molecule has 3 rings (SSSR count). The van der Waals surface area contributed by atoms with Crippen molar-refractivity contribution in [2.45, 2.75) is 23.9 Å². The molecule has 2 atom stereocenters. The molecule has 140 valence electrons. The molecule has 0 bridgehead atoms. The van der Waals surface area contributed by atoms with Gasteiger partial charge in [-0.25, -0.2) is 8.42 Å². The number of alkyl halides is 2. The number of sulfonamides is 1. The van der Waals surface area contributed by atoms with E-state index in [1.54, 1.807) is 30.3 Å². The molecular weight excluding hydrogens is 391 g/mol. The Morgan fingerprint density at radius 2 is 1.46 bits per heavy atom. The number of aryl methyl sites for hydroxylation is 1. The van der Waals surface area contributed by atoms with Gasteiger partial charge in [0.15, 0.2) is 0 Å². The van der Waals surface area contributed by atoms with Crippen LogP contribution in [0.5, 0.6) is 0 Å². The highest BCUT2D eigenvalue weighted by Crippen LogP contribution is 2.29. The number of piperazine rings is 1. The lowest BCUT2D eigenvalue weighted by Crippen LogP contribution is -2.61. The van der Waals surface area contributed by atoms with Crippen molar-refractivity contribution in [1.29, 1.82) is 0 Å². The monoisotopic (exact) mass is 412 g/mol. The summed E-state index contributed by atoms with van der Waals surface area (Å²) in [6.45, 7) is 2.70. The van der Waals surface area contributed by atoms with Crippen molar-refractivity contribution in [3.8, 4) is 0 Å². The van der Waals surface area contributed by atoms with Crippen LogP contribution in [0.15, 0.2) is 59.5 Å². The van der Waals surface area contributed by atoms with Gasteiger partial charge in [0.25, 0.3) is 0 Å². The van der Waals surface area contributed by atoms with E-state index < -0.39 is 10.0 Å². The van der Waals surface area contributed by atoms with Crippen molar-refractivity contribution >= 4 is 38.9 Å². The zero-order valence-corrected chi connectivity index (χ0v) is 16.9. The molecule has 0 aromatic heterocycles. The molecule has 1 fully saturated rings. The van der Waals surface area contributed by atoms with Gasteiger partial charge in [0, 0.05) is 30.5 Å². The highest BCUT2D eigenvalue weighted by Gasteiger charge is 2.39. The van der Waals surface area contributed by atoms with Crippen LogP contribution in [0.2, 0.25) is 0 Å². The van der Waals surface area contributed by atoms with Crippen LogP contribution in [-0.4, -0.2) is 49.7 Å². The minimum Gasteiger partial charge on any atom is -0.360 e. The standard InChI is InChI=1S/C19H22Cl2N2O2S/c1-15-7-9-16(10-8-15)23-17(11-20)13-22(14-18(23)12-21)26(24,25)19-5-3-2-4-6-19/h2-10,17-18H,11-14H2,1H3. The molecule has 2 unspecified atom stereocenters. The number of nitrogens with zero attached hydrogens (tertiary/aromatic N) is 2. The Balaban J connectivity index is 1.92. The van der Waals surface area contributed by atoms with E-state index >= 15 is 0 Å². The molecule has 0 saturated carbocycles. The van der Waals surface area contributed by atoms with Crippen LogP contribution in [0, 0.1) is 6.92 Å². The molecule has 0 N–H and O–H groups in total. The summed E-state index contributed by atoms with van der Waals surface area (Å²) in [5.41, 5.74) is 2.19. The molecule has 4 nitrogen and oxygen atoms in total. The van der Waals surface area contributed by atoms with Gasteiger partial charge in [0.1, 0.15) is 0 Å². The average molecular weight is 413 g/mol. The molecule has 0 aliphatic carbocycles. The summed E-state index contributed by atoms with van der Waals surface area (Å²) >= 11 is 12.5. The summed E-state index contributed by atoms with van der Waals surface area (Å²) in [6.07, 6.45) is 0. The van der Waals surface area contributed by atoms with Crippen molar-refractivity contribution < 1.29 is 8.42 Å². The molecule has 7 heteroatoms. The van der Waals surface area contributed by atoms with Gasteiger partial charge in [-0.2, -0.15) is 4.31 Å². The third kappa shape index (κ3) is 3.86. The van der Waals surface area contributed by atoms with Gasteiger partial charge in [-0.3, -0.25) is 0 Å². The van der Waals surface area contributed by atoms with E-state index in [-0.39, 0.29) is 12.1 Å². The summed E-state index contributed by atoms with van der Waals surface area (Å²) in [5, 5.41) is 0. The van der Waals surface area contributed by atoms with E-state index in [1.807, 2.05) is 31.2 Å². The first-order valence-corrected chi connectivity index (χ1v) is 11.0. The molecule has 0 spiro atoms. The Bertz CT molecular complexity index is 814. The van der Waals surface area contributed by atoms with Crippen LogP contribution >= 0.6 is 23.2 Å². The molecule has 1 heterocycles. The van der Waals surface area contributed by atoms with E-state index in [9.17, 15) is 8.42 Å². The smallest absolute Gasteiger partial charge is 0.243 e. The maximum atomic E-state index is 13.0. The van der Waals surface area contributed by atoms with Crippen molar-refractivity contribution in [2.24, 2.45) is 0 Å². The van der Waals surface area contributed by atoms with E-state index in [2.05, 4.69) is 4.90 Å². The highest BCUT2D eigenvalue weighted by atomic mass is 35.5. The molecule has 2 aromatic rings. The van der Waals surface area contributed by atoms with Gasteiger partial charge < -0.3 is 4.90 Å². The summed E-state index contributed by atoms with van der Waals surface area (Å²) in [7, 11) is -3.57. The van der Waals surface area contributed by atoms with Crippen LogP contribution in [0.4, 0.5) is 5.69 Å². The summed E-state index contributed by atoms with van der Waals surface area (Å²) in [4.78, 5) is 2.46. The van der Waals surface area contributed by atoms with Crippen molar-refractivity contribution in [2.75, 3.05) is 29.7 Å². The topological polar surface area (TPSA) is 40.6 Å². The predicted molar refractivity (Wildman–Crippen MR) is 108 cm³/mol. The van der Waals surface area contributed by atoms with E-state index in [0.717, 1.165) is 5.69 Å². The van der Waals surface area contributed by atoms with Crippen LogP contribution in [-0.2, 0) is 10.0 Å². The minimum atomic E-state index is -3.57. The Labute approximate surface area is 165 Å². The number of halogens is 2. The number of rotatable bonds is 5. The first-order chi connectivity index (χ1) is 12.5. The van der Waals surface area contributed by atoms with Crippen LogP contribution in [0.3, 0.4) is 0 Å². The maximum Gasteiger partial charge on any atom is 0.243 e. The molecule has 26 heavy (non-hydrogen) atoms. The third-order valence-electron chi connectivity index (χ3n) is 4.68. The second-order valence-electron chi connectivity index (χ2n) is 6.49. The molecule has 1 aliphatic rings. The first kappa shape index (κ1) is 19.5. The zero-order valence-electron chi connectivity index (χ0n) is 14.6. The SMILES string of the molecule is Cc1ccc(N2C(CCl)CN(S(=O)(=O)c3ccccc3)CC2CCl)cc1. The van der Waals surface area contributed by atoms with Gasteiger partial charge in [-0.15, -0.1) is 23.2 Å². The summed E-state index contributed by atoms with van der Waals surface area (Å²) < 4.78 is 27.5. The normalized spacial score (nSPS) is 21.7. The quantitative estimate of drug-likeness (QED) is 0.702. The molecule has 1 saturated heterocycles. The number of benzene rings is 2. The lowest BCUT2D eigenvalue weighted by atomic mass is 10.1. The number of hydrogen-bond acceptors (Lipinski definition) is 3. The Morgan fingerprint density at radius 1 is 0.923 bits per heavy atom. The van der Waals surface area contributed by atoms with Gasteiger partial charge in [-0.05, 0) is 31.2 Å². The van der Waals surface area contributed by atoms with Crippen LogP contribution < -0.4 is 4.90 Å². The van der Waals surface area contributed by atoms with Gasteiger partial charge in [0.2, 0.25) is 10.0 Å². The van der Waals surface area contributed by atoms with Gasteiger partial charge in [-0.1, -0.05) is 35.9 Å². The highest BCUT2D eigenvalue weighted by molar-refractivity contribution is 7.89. The predicted octanol–water partition coefficient (Wildman–Crippen LogP) is 3.72. The number of anilines is 1. The number of hydrogen-bond donors (Lipinski definition) is 0. The van der Waals surface area contributed by atoms with Crippen molar-refractivity contribution in [3.05, 3.63) is 60.2 Å².